The molecule has 0 aliphatic heterocycles. The molecule has 0 unspecified atom stereocenters. The number of aromatic nitrogens is 4. The number of hydrogen-bond donors (Lipinski definition) is 1. The van der Waals surface area contributed by atoms with E-state index in [1.807, 2.05) is 24.3 Å². The third-order valence-corrected chi connectivity index (χ3v) is 3.68. The highest BCUT2D eigenvalue weighted by Crippen LogP contribution is 2.28. The molecule has 0 saturated heterocycles. The Balaban J connectivity index is 1.69. The van der Waals surface area contributed by atoms with E-state index in [9.17, 15) is 9.59 Å². The summed E-state index contributed by atoms with van der Waals surface area (Å²) >= 11 is 0. The lowest BCUT2D eigenvalue weighted by Gasteiger charge is -2.08. The van der Waals surface area contributed by atoms with Crippen molar-refractivity contribution >= 4 is 17.5 Å². The molecule has 1 aromatic carbocycles. The Hall–Kier alpha value is -3.69. The van der Waals surface area contributed by atoms with E-state index in [2.05, 4.69) is 25.3 Å². The van der Waals surface area contributed by atoms with Crippen LogP contribution in [0, 0.1) is 0 Å². The molecule has 0 radical (unpaired) electrons. The normalized spacial score (nSPS) is 10.5. The van der Waals surface area contributed by atoms with Gasteiger partial charge in [-0.2, -0.15) is 4.52 Å². The molecule has 146 valence electrons. The van der Waals surface area contributed by atoms with Crippen LogP contribution in [-0.2, 0) is 14.3 Å². The van der Waals surface area contributed by atoms with Gasteiger partial charge in [0.2, 0.25) is 5.88 Å². The van der Waals surface area contributed by atoms with Gasteiger partial charge in [-0.3, -0.25) is 4.79 Å². The Labute approximate surface area is 160 Å². The highest BCUT2D eigenvalue weighted by atomic mass is 16.5. The number of methoxy groups -OCH3 is 1. The number of amides is 1. The maximum atomic E-state index is 11.5. The van der Waals surface area contributed by atoms with Crippen LogP contribution in [-0.4, -0.2) is 58.6 Å². The van der Waals surface area contributed by atoms with Gasteiger partial charge in [-0.1, -0.05) is 12.1 Å². The van der Waals surface area contributed by atoms with Crippen molar-refractivity contribution in [3.05, 3.63) is 36.4 Å². The van der Waals surface area contributed by atoms with Crippen LogP contribution in [0.5, 0.6) is 11.6 Å². The molecule has 1 N–H and O–H groups in total. The van der Waals surface area contributed by atoms with Crippen LogP contribution in [0.25, 0.3) is 17.0 Å². The average Bonchev–Trinajstić information content (AvgIpc) is 3.14. The third-order valence-electron chi connectivity index (χ3n) is 3.68. The van der Waals surface area contributed by atoms with Gasteiger partial charge < -0.3 is 19.5 Å². The SMILES string of the molecule is CCOC(=O)C(=O)NCCOc1ccc2nnc(-c3ccccc3OC)n2n1. The van der Waals surface area contributed by atoms with Crippen molar-refractivity contribution in [1.82, 2.24) is 25.1 Å². The largest absolute Gasteiger partial charge is 0.496 e. The van der Waals surface area contributed by atoms with Gasteiger partial charge in [0.05, 0.1) is 25.8 Å². The zero-order chi connectivity index (χ0) is 19.9. The molecule has 3 aromatic rings. The van der Waals surface area contributed by atoms with Gasteiger partial charge in [-0.15, -0.1) is 15.3 Å². The van der Waals surface area contributed by atoms with Crippen molar-refractivity contribution in [1.29, 1.82) is 0 Å². The van der Waals surface area contributed by atoms with Crippen LogP contribution in [0.3, 0.4) is 0 Å². The first-order valence-corrected chi connectivity index (χ1v) is 8.57. The van der Waals surface area contributed by atoms with Crippen molar-refractivity contribution in [2.45, 2.75) is 6.92 Å². The van der Waals surface area contributed by atoms with Crippen molar-refractivity contribution in [3.8, 4) is 23.0 Å². The maximum Gasteiger partial charge on any atom is 0.396 e. The lowest BCUT2D eigenvalue weighted by molar-refractivity contribution is -0.154. The van der Waals surface area contributed by atoms with E-state index >= 15 is 0 Å². The average molecular weight is 385 g/mol. The minimum Gasteiger partial charge on any atom is -0.496 e. The minimum atomic E-state index is -0.923. The zero-order valence-corrected chi connectivity index (χ0v) is 15.4. The second-order valence-corrected chi connectivity index (χ2v) is 5.49. The molecule has 0 aliphatic rings. The van der Waals surface area contributed by atoms with Crippen molar-refractivity contribution in [3.63, 3.8) is 0 Å². The van der Waals surface area contributed by atoms with Gasteiger partial charge in [0, 0.05) is 6.07 Å². The van der Waals surface area contributed by atoms with Gasteiger partial charge in [-0.25, -0.2) is 4.79 Å². The topological polar surface area (TPSA) is 117 Å². The lowest BCUT2D eigenvalue weighted by Crippen LogP contribution is -2.35. The number of nitrogens with one attached hydrogen (secondary N) is 1. The summed E-state index contributed by atoms with van der Waals surface area (Å²) in [6.07, 6.45) is 0. The van der Waals surface area contributed by atoms with Crippen LogP contribution in [0.15, 0.2) is 36.4 Å². The van der Waals surface area contributed by atoms with Crippen LogP contribution in [0.1, 0.15) is 6.92 Å². The molecule has 3 rings (SSSR count). The fourth-order valence-electron chi connectivity index (χ4n) is 2.44. The smallest absolute Gasteiger partial charge is 0.396 e. The summed E-state index contributed by atoms with van der Waals surface area (Å²) in [7, 11) is 1.58. The number of nitrogens with zero attached hydrogens (tertiary/aromatic N) is 4. The van der Waals surface area contributed by atoms with Crippen molar-refractivity contribution in [2.24, 2.45) is 0 Å². The Morgan fingerprint density at radius 3 is 2.75 bits per heavy atom. The lowest BCUT2D eigenvalue weighted by atomic mass is 10.2. The summed E-state index contributed by atoms with van der Waals surface area (Å²) in [5.41, 5.74) is 1.28. The Morgan fingerprint density at radius 1 is 1.14 bits per heavy atom. The van der Waals surface area contributed by atoms with Gasteiger partial charge in [0.1, 0.15) is 12.4 Å². The number of rotatable bonds is 7. The van der Waals surface area contributed by atoms with Gasteiger partial charge >= 0.3 is 11.9 Å². The number of esters is 1. The van der Waals surface area contributed by atoms with Crippen molar-refractivity contribution < 1.29 is 23.8 Å². The van der Waals surface area contributed by atoms with E-state index in [1.165, 1.54) is 0 Å². The number of hydrogen-bond acceptors (Lipinski definition) is 8. The predicted molar refractivity (Wildman–Crippen MR) is 97.9 cm³/mol. The highest BCUT2D eigenvalue weighted by Gasteiger charge is 2.15. The number of para-hydroxylation sites is 1. The first-order valence-electron chi connectivity index (χ1n) is 8.57. The molecule has 0 spiro atoms. The first-order chi connectivity index (χ1) is 13.6. The number of carbonyl (C=O) groups excluding carboxylic acids is 2. The predicted octanol–water partition coefficient (Wildman–Crippen LogP) is 0.858. The molecular weight excluding hydrogens is 366 g/mol. The van der Waals surface area contributed by atoms with E-state index in [0.29, 0.717) is 23.1 Å². The van der Waals surface area contributed by atoms with Crippen LogP contribution in [0.2, 0.25) is 0 Å². The fraction of sp³-hybridized carbons (Fsp3) is 0.278. The Morgan fingerprint density at radius 2 is 1.96 bits per heavy atom. The molecule has 0 fully saturated rings. The molecule has 2 heterocycles. The molecule has 0 saturated carbocycles. The van der Waals surface area contributed by atoms with Gasteiger partial charge in [0.25, 0.3) is 0 Å². The zero-order valence-electron chi connectivity index (χ0n) is 15.4. The van der Waals surface area contributed by atoms with E-state index in [1.54, 1.807) is 30.7 Å². The highest BCUT2D eigenvalue weighted by molar-refractivity contribution is 6.32. The number of fused-ring (bicyclic) bond motifs is 1. The maximum absolute atomic E-state index is 11.5. The summed E-state index contributed by atoms with van der Waals surface area (Å²) in [6.45, 7) is 2.01. The number of ether oxygens (including phenoxy) is 3. The fourth-order valence-corrected chi connectivity index (χ4v) is 2.44. The Bertz CT molecular complexity index is 987. The molecule has 10 heteroatoms. The van der Waals surface area contributed by atoms with Crippen LogP contribution < -0.4 is 14.8 Å². The molecule has 0 atom stereocenters. The second kappa shape index (κ2) is 8.80. The Kier molecular flexibility index (Phi) is 6.00. The molecule has 10 nitrogen and oxygen atoms in total. The molecule has 1 amide bonds. The number of benzene rings is 1. The molecule has 0 aliphatic carbocycles. The van der Waals surface area contributed by atoms with Gasteiger partial charge in [-0.05, 0) is 25.1 Å². The first kappa shape index (κ1) is 19.1. The van der Waals surface area contributed by atoms with E-state index < -0.39 is 11.9 Å². The molecular formula is C18H19N5O5. The van der Waals surface area contributed by atoms with E-state index in [0.717, 1.165) is 5.56 Å². The van der Waals surface area contributed by atoms with Crippen LogP contribution >= 0.6 is 0 Å². The third kappa shape index (κ3) is 4.17. The van der Waals surface area contributed by atoms with E-state index in [-0.39, 0.29) is 19.8 Å². The monoisotopic (exact) mass is 385 g/mol. The summed E-state index contributed by atoms with van der Waals surface area (Å²) in [5, 5.41) is 15.1. The summed E-state index contributed by atoms with van der Waals surface area (Å²) in [5.74, 6) is -0.270. The minimum absolute atomic E-state index is 0.121. The summed E-state index contributed by atoms with van der Waals surface area (Å²) < 4.78 is 17.1. The number of carbonyl (C=O) groups is 2. The van der Waals surface area contributed by atoms with Gasteiger partial charge in [0.15, 0.2) is 11.5 Å². The summed E-state index contributed by atoms with van der Waals surface area (Å²) in [6, 6.07) is 10.8. The summed E-state index contributed by atoms with van der Waals surface area (Å²) in [4.78, 5) is 22.7. The molecule has 2 aromatic heterocycles. The standard InChI is InChI=1S/C18H19N5O5/c1-3-27-18(25)17(24)19-10-11-28-15-9-8-14-20-21-16(23(14)22-15)12-6-4-5-7-13(12)26-2/h4-9H,3,10-11H2,1-2H3,(H,19,24). The second-order valence-electron chi connectivity index (χ2n) is 5.49. The van der Waals surface area contributed by atoms with E-state index in [4.69, 9.17) is 9.47 Å². The quantitative estimate of drug-likeness (QED) is 0.362. The van der Waals surface area contributed by atoms with Crippen molar-refractivity contribution in [2.75, 3.05) is 26.9 Å². The molecule has 28 heavy (non-hydrogen) atoms. The molecule has 0 bridgehead atoms. The van der Waals surface area contributed by atoms with Crippen LogP contribution in [0.4, 0.5) is 0 Å².